The van der Waals surface area contributed by atoms with Crippen LogP contribution in [0.2, 0.25) is 0 Å². The summed E-state index contributed by atoms with van der Waals surface area (Å²) in [5.41, 5.74) is 0.911. The van der Waals surface area contributed by atoms with Crippen molar-refractivity contribution in [1.29, 1.82) is 0 Å². The lowest BCUT2D eigenvalue weighted by atomic mass is 9.73. The van der Waals surface area contributed by atoms with Crippen LogP contribution in [0.5, 0.6) is 0 Å². The van der Waals surface area contributed by atoms with E-state index in [2.05, 4.69) is 18.7 Å². The van der Waals surface area contributed by atoms with Gasteiger partial charge in [-0.05, 0) is 55.7 Å². The number of nitrogens with zero attached hydrogens (tertiary/aromatic N) is 4. The minimum Gasteiger partial charge on any atom is -0.394 e. The van der Waals surface area contributed by atoms with Gasteiger partial charge in [0.2, 0.25) is 11.8 Å². The number of anilines is 2. The maximum atomic E-state index is 15.2. The second-order valence-electron chi connectivity index (χ2n) is 13.6. The molecule has 260 valence electrons. The molecule has 6 atom stereocenters. The summed E-state index contributed by atoms with van der Waals surface area (Å²) < 4.78 is 7.19. The minimum absolute atomic E-state index is 0.175. The Morgan fingerprint density at radius 1 is 0.800 bits per heavy atom. The highest BCUT2D eigenvalue weighted by atomic mass is 16.5. The van der Waals surface area contributed by atoms with Gasteiger partial charge in [0, 0.05) is 44.1 Å². The second kappa shape index (κ2) is 13.5. The Morgan fingerprint density at radius 2 is 1.46 bits per heavy atom. The molecule has 7 rings (SSSR count). The van der Waals surface area contributed by atoms with Crippen molar-refractivity contribution >= 4 is 29.1 Å². The molecule has 0 saturated carbocycles. The summed E-state index contributed by atoms with van der Waals surface area (Å²) in [6.07, 6.45) is 8.14. The summed E-state index contributed by atoms with van der Waals surface area (Å²) in [7, 11) is 0. The number of ether oxygens (including phenoxy) is 1. The van der Waals surface area contributed by atoms with Crippen molar-refractivity contribution in [2.75, 3.05) is 42.6 Å². The van der Waals surface area contributed by atoms with E-state index in [4.69, 9.17) is 4.74 Å². The van der Waals surface area contributed by atoms with E-state index < -0.39 is 41.7 Å². The smallest absolute Gasteiger partial charge is 0.253 e. The molecule has 9 heteroatoms. The Bertz CT molecular complexity index is 1780. The quantitative estimate of drug-likeness (QED) is 0.300. The summed E-state index contributed by atoms with van der Waals surface area (Å²) in [6.45, 7) is 8.54. The first-order valence-corrected chi connectivity index (χ1v) is 17.8. The van der Waals surface area contributed by atoms with Crippen molar-refractivity contribution in [2.45, 2.75) is 57.0 Å². The molecule has 1 N–H and O–H groups in total. The zero-order valence-electron chi connectivity index (χ0n) is 29.0. The Labute approximate surface area is 294 Å². The predicted molar refractivity (Wildman–Crippen MR) is 193 cm³/mol. The van der Waals surface area contributed by atoms with Gasteiger partial charge in [-0.1, -0.05) is 91.9 Å². The van der Waals surface area contributed by atoms with Crippen LogP contribution in [-0.2, 0) is 25.7 Å². The van der Waals surface area contributed by atoms with E-state index >= 15 is 9.59 Å². The lowest BCUT2D eigenvalue weighted by Gasteiger charge is -2.41. The van der Waals surface area contributed by atoms with Crippen molar-refractivity contribution in [1.82, 2.24) is 9.80 Å². The third-order valence-corrected chi connectivity index (χ3v) is 11.2. The van der Waals surface area contributed by atoms with Crippen molar-refractivity contribution in [2.24, 2.45) is 11.8 Å². The van der Waals surface area contributed by atoms with E-state index in [1.54, 1.807) is 9.80 Å². The van der Waals surface area contributed by atoms with Gasteiger partial charge in [0.05, 0.1) is 30.1 Å². The monoisotopic (exact) mass is 674 g/mol. The summed E-state index contributed by atoms with van der Waals surface area (Å²) in [4.78, 5) is 52.4. The molecule has 9 nitrogen and oxygen atoms in total. The van der Waals surface area contributed by atoms with Gasteiger partial charge in [0.1, 0.15) is 11.6 Å². The maximum absolute atomic E-state index is 15.2. The zero-order chi connectivity index (χ0) is 35.0. The lowest BCUT2D eigenvalue weighted by molar-refractivity contribution is -0.153. The second-order valence-corrected chi connectivity index (χ2v) is 13.6. The van der Waals surface area contributed by atoms with Crippen LogP contribution in [0.15, 0.2) is 109 Å². The van der Waals surface area contributed by atoms with Crippen LogP contribution >= 0.6 is 0 Å². The molecule has 4 aliphatic heterocycles. The third-order valence-electron chi connectivity index (χ3n) is 11.2. The SMILES string of the molecule is CCN(CC)c1ccc(N2CC=C[C@]34O[C@@]5(CC)C=CCN(Cc6ccccc6)C(=O)[C@H]5[C@H]3C(=O)N([C@H](CO)c3ccccc3)C4C2=O)cc1. The fourth-order valence-corrected chi connectivity index (χ4v) is 8.73. The molecular formula is C41H46N4O5. The number of aliphatic hydroxyl groups excluding tert-OH is 1. The number of aliphatic hydroxyl groups is 1. The Hall–Kier alpha value is -4.73. The standard InChI is InChI=1S/C41H46N4O5/c1-4-40-23-13-25-43(27-29-15-9-7-10-16-29)37(47)34(40)35-38(48)45(33(28-46)30-17-11-8-12-18-30)36-39(49)44(26-14-24-41(35,36)50-40)32-21-19-31(20-22-32)42(5-2)6-3/h7-24,33-36,46H,4-6,25-28H2,1-3H3/t33-,34-,35+,36?,40+,41+/m1/s1. The van der Waals surface area contributed by atoms with Gasteiger partial charge in [0.25, 0.3) is 5.91 Å². The Balaban J connectivity index is 1.35. The fraction of sp³-hybridized carbons (Fsp3) is 0.390. The molecule has 0 aliphatic carbocycles. The van der Waals surface area contributed by atoms with Crippen LogP contribution in [0.25, 0.3) is 0 Å². The molecule has 3 amide bonds. The molecule has 4 heterocycles. The van der Waals surface area contributed by atoms with Crippen LogP contribution in [-0.4, -0.2) is 82.7 Å². The van der Waals surface area contributed by atoms with Crippen molar-refractivity contribution in [3.8, 4) is 0 Å². The predicted octanol–water partition coefficient (Wildman–Crippen LogP) is 5.13. The van der Waals surface area contributed by atoms with Crippen LogP contribution < -0.4 is 9.80 Å². The average Bonchev–Trinajstić information content (AvgIpc) is 3.44. The molecule has 50 heavy (non-hydrogen) atoms. The number of hydrogen-bond donors (Lipinski definition) is 1. The van der Waals surface area contributed by atoms with Crippen LogP contribution in [0.4, 0.5) is 11.4 Å². The lowest BCUT2D eigenvalue weighted by Crippen LogP contribution is -2.57. The van der Waals surface area contributed by atoms with Gasteiger partial charge in [-0.25, -0.2) is 0 Å². The summed E-state index contributed by atoms with van der Waals surface area (Å²) in [5.74, 6) is -2.70. The van der Waals surface area contributed by atoms with Gasteiger partial charge < -0.3 is 29.4 Å². The average molecular weight is 675 g/mol. The topological polar surface area (TPSA) is 93.6 Å². The number of benzene rings is 3. The highest BCUT2D eigenvalue weighted by Gasteiger charge is 2.76. The Morgan fingerprint density at radius 3 is 2.10 bits per heavy atom. The summed E-state index contributed by atoms with van der Waals surface area (Å²) >= 11 is 0. The number of carbonyl (C=O) groups is 3. The number of rotatable bonds is 10. The number of amides is 3. The van der Waals surface area contributed by atoms with Gasteiger partial charge >= 0.3 is 0 Å². The number of carbonyl (C=O) groups excluding carboxylic acids is 3. The molecule has 4 aliphatic rings. The molecule has 1 spiro atoms. The molecule has 2 saturated heterocycles. The summed E-state index contributed by atoms with van der Waals surface area (Å²) in [6, 6.07) is 25.1. The Kier molecular flexibility index (Phi) is 9.13. The van der Waals surface area contributed by atoms with Gasteiger partial charge in [-0.3, -0.25) is 14.4 Å². The molecular weight excluding hydrogens is 628 g/mol. The number of fused-ring (bicyclic) bond motifs is 2. The first-order valence-electron chi connectivity index (χ1n) is 17.8. The van der Waals surface area contributed by atoms with E-state index in [0.29, 0.717) is 30.8 Å². The first kappa shape index (κ1) is 33.8. The van der Waals surface area contributed by atoms with E-state index in [1.807, 2.05) is 116 Å². The third kappa shape index (κ3) is 5.34. The largest absolute Gasteiger partial charge is 0.394 e. The van der Waals surface area contributed by atoms with Gasteiger partial charge in [-0.2, -0.15) is 0 Å². The highest BCUT2D eigenvalue weighted by Crippen LogP contribution is 2.60. The maximum Gasteiger partial charge on any atom is 0.253 e. The normalized spacial score (nSPS) is 27.9. The van der Waals surface area contributed by atoms with E-state index in [1.165, 1.54) is 4.90 Å². The van der Waals surface area contributed by atoms with Crippen molar-refractivity contribution < 1.29 is 24.2 Å². The molecule has 1 unspecified atom stereocenters. The molecule has 0 aromatic heterocycles. The molecule has 0 bridgehead atoms. The number of hydrogen-bond acceptors (Lipinski definition) is 6. The van der Waals surface area contributed by atoms with Crippen molar-refractivity contribution in [3.05, 3.63) is 120 Å². The van der Waals surface area contributed by atoms with Gasteiger partial charge in [0.15, 0.2) is 0 Å². The van der Waals surface area contributed by atoms with E-state index in [-0.39, 0.29) is 24.3 Å². The fourth-order valence-electron chi connectivity index (χ4n) is 8.73. The van der Waals surface area contributed by atoms with E-state index in [0.717, 1.165) is 24.3 Å². The van der Waals surface area contributed by atoms with Crippen LogP contribution in [0.1, 0.15) is 44.4 Å². The highest BCUT2D eigenvalue weighted by molar-refractivity contribution is 6.06. The molecule has 2 fully saturated rings. The zero-order valence-corrected chi connectivity index (χ0v) is 29.0. The first-order chi connectivity index (χ1) is 24.3. The summed E-state index contributed by atoms with van der Waals surface area (Å²) in [5, 5.41) is 10.9. The van der Waals surface area contributed by atoms with Gasteiger partial charge in [-0.15, -0.1) is 0 Å². The molecule has 0 radical (unpaired) electrons. The molecule has 3 aromatic carbocycles. The molecule has 3 aromatic rings. The number of likely N-dealkylation sites (tertiary alicyclic amines) is 1. The van der Waals surface area contributed by atoms with E-state index in [9.17, 15) is 9.90 Å². The van der Waals surface area contributed by atoms with Crippen LogP contribution in [0, 0.1) is 11.8 Å². The minimum atomic E-state index is -1.44. The van der Waals surface area contributed by atoms with Crippen molar-refractivity contribution in [3.63, 3.8) is 0 Å². The van der Waals surface area contributed by atoms with Crippen LogP contribution in [0.3, 0.4) is 0 Å².